The molecule has 2 aromatic heterocycles. The number of hydrogen-bond acceptors (Lipinski definition) is 5. The van der Waals surface area contributed by atoms with Crippen molar-refractivity contribution < 1.29 is 9.18 Å². The topological polar surface area (TPSA) is 80.7 Å². The Hall–Kier alpha value is -2.44. The van der Waals surface area contributed by atoms with Crippen LogP contribution in [0.2, 0.25) is 0 Å². The summed E-state index contributed by atoms with van der Waals surface area (Å²) in [6.45, 7) is 3.52. The van der Waals surface area contributed by atoms with Crippen LogP contribution in [0.1, 0.15) is 21.7 Å². The third kappa shape index (κ3) is 2.62. The number of halogens is 1. The van der Waals surface area contributed by atoms with Crippen LogP contribution in [0, 0.1) is 19.8 Å². The largest absolute Gasteiger partial charge is 0.289 e. The van der Waals surface area contributed by atoms with Gasteiger partial charge < -0.3 is 0 Å². The van der Waals surface area contributed by atoms with Crippen molar-refractivity contribution in [2.75, 3.05) is 5.32 Å². The van der Waals surface area contributed by atoms with Gasteiger partial charge in [0.1, 0.15) is 0 Å². The molecule has 0 atom stereocenters. The van der Waals surface area contributed by atoms with Crippen LogP contribution in [0.5, 0.6) is 0 Å². The Kier molecular flexibility index (Phi) is 3.22. The van der Waals surface area contributed by atoms with E-state index >= 15 is 0 Å². The molecule has 0 bridgehead atoms. The van der Waals surface area contributed by atoms with Gasteiger partial charge in [-0.05, 0) is 19.9 Å². The predicted molar refractivity (Wildman–Crippen MR) is 61.4 cm³/mol. The first-order valence-electron chi connectivity index (χ1n) is 5.17. The van der Waals surface area contributed by atoms with E-state index < -0.39 is 11.9 Å². The van der Waals surface area contributed by atoms with Gasteiger partial charge in [-0.25, -0.2) is 9.97 Å². The summed E-state index contributed by atoms with van der Waals surface area (Å²) in [6, 6.07) is 2.43. The Labute approximate surface area is 102 Å². The third-order valence-electron chi connectivity index (χ3n) is 2.31. The van der Waals surface area contributed by atoms with Crippen molar-refractivity contribution in [2.45, 2.75) is 13.8 Å². The van der Waals surface area contributed by atoms with Gasteiger partial charge in [0.2, 0.25) is 11.9 Å². The normalized spacial score (nSPS) is 10.2. The molecule has 2 heterocycles. The Morgan fingerprint density at radius 1 is 1.28 bits per heavy atom. The van der Waals surface area contributed by atoms with Gasteiger partial charge in [0.05, 0.1) is 11.4 Å². The number of pyridine rings is 1. The van der Waals surface area contributed by atoms with Gasteiger partial charge in [0, 0.05) is 17.8 Å². The van der Waals surface area contributed by atoms with Gasteiger partial charge in [0.15, 0.2) is 0 Å². The van der Waals surface area contributed by atoms with Crippen LogP contribution in [0.4, 0.5) is 10.3 Å². The van der Waals surface area contributed by atoms with E-state index in [-0.39, 0.29) is 11.5 Å². The lowest BCUT2D eigenvalue weighted by Crippen LogP contribution is -2.16. The van der Waals surface area contributed by atoms with Gasteiger partial charge in [-0.2, -0.15) is 9.49 Å². The number of aryl methyl sites for hydroxylation is 2. The monoisotopic (exact) mass is 247 g/mol. The summed E-state index contributed by atoms with van der Waals surface area (Å²) in [4.78, 5) is 19.2. The van der Waals surface area contributed by atoms with E-state index in [0.717, 1.165) is 6.07 Å². The summed E-state index contributed by atoms with van der Waals surface area (Å²) in [6.07, 6.45) is 1.21. The molecule has 0 saturated carbocycles. The van der Waals surface area contributed by atoms with Crippen LogP contribution in [-0.2, 0) is 0 Å². The van der Waals surface area contributed by atoms with Crippen LogP contribution < -0.4 is 5.32 Å². The SMILES string of the molecule is Cc1nnc(NC(=O)c2ccnc(F)c2)nc1C. The lowest BCUT2D eigenvalue weighted by atomic mass is 10.2. The molecule has 0 fully saturated rings. The zero-order valence-corrected chi connectivity index (χ0v) is 9.81. The fourth-order valence-electron chi connectivity index (χ4n) is 1.23. The molecule has 0 aliphatic rings. The number of hydrogen-bond donors (Lipinski definition) is 1. The second kappa shape index (κ2) is 4.82. The molecule has 6 nitrogen and oxygen atoms in total. The molecule has 7 heteroatoms. The Bertz CT molecular complexity index is 602. The van der Waals surface area contributed by atoms with Gasteiger partial charge in [-0.3, -0.25) is 10.1 Å². The highest BCUT2D eigenvalue weighted by Crippen LogP contribution is 2.06. The van der Waals surface area contributed by atoms with E-state index in [0.29, 0.717) is 11.4 Å². The molecule has 1 N–H and O–H groups in total. The summed E-state index contributed by atoms with van der Waals surface area (Å²) in [7, 11) is 0. The van der Waals surface area contributed by atoms with Crippen molar-refractivity contribution in [2.24, 2.45) is 0 Å². The second-order valence-corrected chi connectivity index (χ2v) is 3.63. The molecule has 0 saturated heterocycles. The highest BCUT2D eigenvalue weighted by Gasteiger charge is 2.10. The summed E-state index contributed by atoms with van der Waals surface area (Å²) in [5, 5.41) is 9.99. The van der Waals surface area contributed by atoms with Crippen LogP contribution in [-0.4, -0.2) is 26.1 Å². The van der Waals surface area contributed by atoms with E-state index in [1.54, 1.807) is 13.8 Å². The molecular formula is C11H10FN5O. The average molecular weight is 247 g/mol. The fraction of sp³-hybridized carbons (Fsp3) is 0.182. The van der Waals surface area contributed by atoms with Crippen molar-refractivity contribution in [3.63, 3.8) is 0 Å². The third-order valence-corrected chi connectivity index (χ3v) is 2.31. The molecule has 0 unspecified atom stereocenters. The summed E-state index contributed by atoms with van der Waals surface area (Å²) < 4.78 is 12.8. The van der Waals surface area contributed by atoms with Crippen LogP contribution >= 0.6 is 0 Å². The maximum absolute atomic E-state index is 12.8. The molecule has 0 spiro atoms. The Balaban J connectivity index is 2.18. The standard InChI is InChI=1S/C11H10FN5O/c1-6-7(2)16-17-11(14-6)15-10(18)8-3-4-13-9(12)5-8/h3-5H,1-2H3,(H,14,15,17,18). The zero-order chi connectivity index (χ0) is 13.1. The van der Waals surface area contributed by atoms with Crippen molar-refractivity contribution in [3.8, 4) is 0 Å². The number of aromatic nitrogens is 4. The first kappa shape index (κ1) is 12.0. The zero-order valence-electron chi connectivity index (χ0n) is 9.81. The smallest absolute Gasteiger partial charge is 0.258 e. The van der Waals surface area contributed by atoms with Crippen molar-refractivity contribution >= 4 is 11.9 Å². The first-order valence-corrected chi connectivity index (χ1v) is 5.17. The van der Waals surface area contributed by atoms with E-state index in [9.17, 15) is 9.18 Å². The molecule has 0 aliphatic heterocycles. The molecule has 2 rings (SSSR count). The van der Waals surface area contributed by atoms with Gasteiger partial charge in [-0.15, -0.1) is 5.10 Å². The lowest BCUT2D eigenvalue weighted by molar-refractivity contribution is 0.102. The number of anilines is 1. The number of rotatable bonds is 2. The minimum absolute atomic E-state index is 0.0836. The molecule has 2 aromatic rings. The molecule has 0 radical (unpaired) electrons. The molecule has 18 heavy (non-hydrogen) atoms. The minimum atomic E-state index is -0.721. The number of nitrogens with zero attached hydrogens (tertiary/aromatic N) is 4. The Morgan fingerprint density at radius 3 is 2.72 bits per heavy atom. The molecule has 1 amide bonds. The quantitative estimate of drug-likeness (QED) is 0.808. The predicted octanol–water partition coefficient (Wildman–Crippen LogP) is 1.27. The number of amides is 1. The van der Waals surface area contributed by atoms with Crippen molar-refractivity contribution in [1.29, 1.82) is 0 Å². The molecule has 0 aromatic carbocycles. The molecular weight excluding hydrogens is 237 g/mol. The summed E-state index contributed by atoms with van der Waals surface area (Å²) in [5.41, 5.74) is 1.49. The van der Waals surface area contributed by atoms with Gasteiger partial charge in [-0.1, -0.05) is 0 Å². The van der Waals surface area contributed by atoms with Crippen molar-refractivity contribution in [1.82, 2.24) is 20.2 Å². The fourth-order valence-corrected chi connectivity index (χ4v) is 1.23. The maximum atomic E-state index is 12.8. The highest BCUT2D eigenvalue weighted by molar-refractivity contribution is 6.03. The Morgan fingerprint density at radius 2 is 2.06 bits per heavy atom. The second-order valence-electron chi connectivity index (χ2n) is 3.63. The molecule has 0 aliphatic carbocycles. The number of carbonyl (C=O) groups is 1. The lowest BCUT2D eigenvalue weighted by Gasteiger charge is -2.04. The van der Waals surface area contributed by atoms with Crippen LogP contribution in [0.15, 0.2) is 18.3 Å². The average Bonchev–Trinajstić information content (AvgIpc) is 2.34. The van der Waals surface area contributed by atoms with Gasteiger partial charge >= 0.3 is 0 Å². The number of nitrogens with one attached hydrogen (secondary N) is 1. The molecule has 92 valence electrons. The van der Waals surface area contributed by atoms with Crippen LogP contribution in [0.25, 0.3) is 0 Å². The van der Waals surface area contributed by atoms with E-state index in [1.165, 1.54) is 12.3 Å². The van der Waals surface area contributed by atoms with E-state index in [4.69, 9.17) is 0 Å². The van der Waals surface area contributed by atoms with Gasteiger partial charge in [0.25, 0.3) is 5.91 Å². The minimum Gasteiger partial charge on any atom is -0.289 e. The maximum Gasteiger partial charge on any atom is 0.258 e. The van der Waals surface area contributed by atoms with Crippen LogP contribution in [0.3, 0.4) is 0 Å². The van der Waals surface area contributed by atoms with Crippen molar-refractivity contribution in [3.05, 3.63) is 41.2 Å². The highest BCUT2D eigenvalue weighted by atomic mass is 19.1. The summed E-state index contributed by atoms with van der Waals surface area (Å²) >= 11 is 0. The number of carbonyl (C=O) groups excluding carboxylic acids is 1. The first-order chi connectivity index (χ1) is 8.56. The summed E-state index contributed by atoms with van der Waals surface area (Å²) in [5.74, 6) is -1.15. The van der Waals surface area contributed by atoms with E-state index in [1.807, 2.05) is 0 Å². The van der Waals surface area contributed by atoms with E-state index in [2.05, 4.69) is 25.5 Å².